The van der Waals surface area contributed by atoms with Crippen LogP contribution in [0.3, 0.4) is 0 Å². The Morgan fingerprint density at radius 1 is 0.192 bits per heavy atom. The molecule has 0 saturated heterocycles. The molecule has 0 spiro atoms. The molecular formula is C114H128F28O4. The molecule has 8 fully saturated rings. The predicted octanol–water partition coefficient (Wildman–Crippen LogP) is 39.5. The summed E-state index contributed by atoms with van der Waals surface area (Å²) in [6.07, 6.45) is 26.7. The zero-order chi connectivity index (χ0) is 106. The van der Waals surface area contributed by atoms with Crippen LogP contribution in [0.5, 0.6) is 23.0 Å². The third-order valence-electron chi connectivity index (χ3n) is 32.9. The van der Waals surface area contributed by atoms with Crippen molar-refractivity contribution in [2.24, 2.45) is 71.0 Å². The fourth-order valence-electron chi connectivity index (χ4n) is 25.3. The minimum atomic E-state index is -5.31. The molecule has 0 N–H and O–H groups in total. The molecule has 8 aliphatic carbocycles. The molecule has 146 heavy (non-hydrogen) atoms. The van der Waals surface area contributed by atoms with Gasteiger partial charge in [0.15, 0.2) is 46.5 Å². The van der Waals surface area contributed by atoms with Gasteiger partial charge in [0.25, 0.3) is 0 Å². The highest BCUT2D eigenvalue weighted by atomic mass is 19.4. The van der Waals surface area contributed by atoms with Crippen molar-refractivity contribution in [1.82, 2.24) is 0 Å². The van der Waals surface area contributed by atoms with Crippen molar-refractivity contribution >= 4 is 0 Å². The minimum absolute atomic E-state index is 0.00712. The molecule has 0 aromatic heterocycles. The lowest BCUT2D eigenvalue weighted by Crippen LogP contribution is -2.25. The van der Waals surface area contributed by atoms with Crippen LogP contribution >= 0.6 is 0 Å². The normalized spacial score (nSPS) is 24.9. The van der Waals surface area contributed by atoms with E-state index in [9.17, 15) is 114 Å². The maximum absolute atomic E-state index is 15.0. The SMILES string of the molecule is CCC1CCC(C2CCC(c3cc(F)c(-c4cc(F)c(OC(F)(F)F)c(F)c4)c(F)c3)CC2)CC1.CCCC1CCC(C2CCC(c3cc(F)c(-c4cc(F)c(OC(F)(F)F)c(F)c4)c(F)c3)CC2)CC1.CCCCC1CCC(C2CCC(c3cc(F)c(-c4cc(F)c(OC(F)(F)F)c(F)c4)c(F)c3)CC2)CC1.CCCCCC1CCC(C2CCC(c3cc(F)c(-c4cc(F)c(OC(F)(F)F)c(F)c4)c(F)c3)CC2)CC1. The van der Waals surface area contributed by atoms with Crippen molar-refractivity contribution in [2.45, 2.75) is 346 Å². The Bertz CT molecular complexity index is 5400. The molecule has 0 aliphatic heterocycles. The number of hydrogen-bond acceptors (Lipinski definition) is 4. The summed E-state index contributed by atoms with van der Waals surface area (Å²) >= 11 is 0. The average Bonchev–Trinajstić information content (AvgIpc) is 0.788. The first-order chi connectivity index (χ1) is 69.2. The Balaban J connectivity index is 0.000000163. The summed E-state index contributed by atoms with van der Waals surface area (Å²) in [4.78, 5) is 0. The molecular weight excluding hydrogens is 1970 g/mol. The van der Waals surface area contributed by atoms with Crippen molar-refractivity contribution in [3.63, 3.8) is 0 Å². The predicted molar refractivity (Wildman–Crippen MR) is 503 cm³/mol. The highest BCUT2D eigenvalue weighted by Crippen LogP contribution is 2.53. The number of hydrogen-bond donors (Lipinski definition) is 0. The molecule has 0 amide bonds. The van der Waals surface area contributed by atoms with E-state index in [1.165, 1.54) is 215 Å². The standard InChI is InChI=1S/C30H35F7O.C29H33F7O.C28H31F7O.C27H29F7O/c1-2-3-4-5-18-6-8-19(9-7-18)20-10-12-21(13-11-20)22-14-24(31)28(25(32)15-22)23-16-26(33)29(27(34)17-23)38-30(35,36)37;1-2-3-4-17-5-7-18(8-6-17)19-9-11-20(12-10-19)21-13-23(30)27(24(31)14-21)22-15-25(32)28(26(33)16-22)37-29(34,35)36;1-2-3-16-4-6-17(7-5-16)18-8-10-19(11-9-18)20-12-22(29)26(23(30)13-20)21-14-24(31)27(25(32)15-21)36-28(33,34)35;1-2-15-3-5-16(6-4-15)17-7-9-18(10-8-17)19-11-21(28)25(22(29)12-19)20-13-23(30)26(24(31)14-20)35-27(32,33)34/h14-21H,2-13H2,1H3;13-20H,2-12H2,1H3;12-19H,2-11H2,1H3;11-18H,2-10H2,1H3. The third kappa shape index (κ3) is 30.7. The fraction of sp³-hybridized carbons (Fsp3) is 0.579. The van der Waals surface area contributed by atoms with E-state index in [-0.39, 0.29) is 23.7 Å². The Hall–Kier alpha value is -9.00. The zero-order valence-electron chi connectivity index (χ0n) is 82.4. The van der Waals surface area contributed by atoms with Crippen molar-refractivity contribution in [1.29, 1.82) is 0 Å². The molecule has 0 heterocycles. The second-order valence-electron chi connectivity index (χ2n) is 42.1. The van der Waals surface area contributed by atoms with E-state index in [1.807, 2.05) is 0 Å². The fourth-order valence-corrected chi connectivity index (χ4v) is 25.3. The maximum Gasteiger partial charge on any atom is 0.573 e. The van der Waals surface area contributed by atoms with Crippen molar-refractivity contribution in [2.75, 3.05) is 0 Å². The molecule has 0 bridgehead atoms. The van der Waals surface area contributed by atoms with E-state index in [0.29, 0.717) is 94.5 Å². The van der Waals surface area contributed by atoms with Gasteiger partial charge in [-0.15, -0.1) is 52.7 Å². The van der Waals surface area contributed by atoms with Gasteiger partial charge < -0.3 is 18.9 Å². The molecule has 8 aromatic carbocycles. The number of rotatable bonds is 26. The number of halogens is 28. The van der Waals surface area contributed by atoms with Gasteiger partial charge in [-0.2, -0.15) is 0 Å². The number of benzene rings is 8. The average molecular weight is 2090 g/mol. The second kappa shape index (κ2) is 50.7. The lowest BCUT2D eigenvalue weighted by Gasteiger charge is -2.38. The third-order valence-corrected chi connectivity index (χ3v) is 32.9. The zero-order valence-corrected chi connectivity index (χ0v) is 82.4. The van der Waals surface area contributed by atoms with Crippen LogP contribution in [0.2, 0.25) is 0 Å². The Morgan fingerprint density at radius 3 is 0.534 bits per heavy atom. The van der Waals surface area contributed by atoms with E-state index in [2.05, 4.69) is 46.6 Å². The first-order valence-corrected chi connectivity index (χ1v) is 52.2. The van der Waals surface area contributed by atoms with Gasteiger partial charge in [0, 0.05) is 0 Å². The van der Waals surface area contributed by atoms with Crippen LogP contribution in [-0.4, -0.2) is 25.4 Å². The Labute approximate surface area is 835 Å². The quantitative estimate of drug-likeness (QED) is 0.0400. The molecule has 8 aromatic rings. The summed E-state index contributed by atoms with van der Waals surface area (Å²) in [7, 11) is 0. The maximum atomic E-state index is 15.0. The lowest BCUT2D eigenvalue weighted by molar-refractivity contribution is -0.277. The molecule has 804 valence electrons. The van der Waals surface area contributed by atoms with Gasteiger partial charge in [0.1, 0.15) is 46.5 Å². The smallest absolute Gasteiger partial charge is 0.399 e. The summed E-state index contributed by atoms with van der Waals surface area (Å²) in [6, 6.07) is 12.9. The second-order valence-corrected chi connectivity index (χ2v) is 42.1. The van der Waals surface area contributed by atoms with E-state index < -0.39 is 186 Å². The molecule has 4 nitrogen and oxygen atoms in total. The van der Waals surface area contributed by atoms with Gasteiger partial charge in [-0.25, -0.2) is 70.2 Å². The van der Waals surface area contributed by atoms with Crippen molar-refractivity contribution in [3.05, 3.63) is 212 Å². The molecule has 8 aliphatic rings. The van der Waals surface area contributed by atoms with E-state index in [0.717, 1.165) is 150 Å². The highest BCUT2D eigenvalue weighted by Gasteiger charge is 2.43. The first kappa shape index (κ1) is 114. The number of ether oxygens (including phenoxy) is 4. The monoisotopic (exact) mass is 2090 g/mol. The van der Waals surface area contributed by atoms with Gasteiger partial charge in [0.05, 0.1) is 22.3 Å². The van der Waals surface area contributed by atoms with Gasteiger partial charge in [0.2, 0.25) is 23.0 Å². The molecule has 0 radical (unpaired) electrons. The van der Waals surface area contributed by atoms with Crippen LogP contribution in [0.15, 0.2) is 97.1 Å². The lowest BCUT2D eigenvalue weighted by atomic mass is 9.68. The van der Waals surface area contributed by atoms with Gasteiger partial charge in [-0.3, -0.25) is 0 Å². The number of unbranched alkanes of at least 4 members (excludes halogenated alkanes) is 3. The molecule has 0 unspecified atom stereocenters. The van der Waals surface area contributed by atoms with Crippen LogP contribution < -0.4 is 18.9 Å². The highest BCUT2D eigenvalue weighted by molar-refractivity contribution is 5.70. The van der Waals surface area contributed by atoms with Crippen LogP contribution in [0.1, 0.15) is 343 Å². The summed E-state index contributed by atoms with van der Waals surface area (Å²) in [5.74, 6) is -19.5. The van der Waals surface area contributed by atoms with Crippen molar-refractivity contribution in [3.8, 4) is 67.5 Å². The Kier molecular flexibility index (Phi) is 39.7. The summed E-state index contributed by atoms with van der Waals surface area (Å²) in [6.45, 7) is 8.92. The summed E-state index contributed by atoms with van der Waals surface area (Å²) in [5.41, 5.74) is -2.91. The summed E-state index contributed by atoms with van der Waals surface area (Å²) < 4.78 is 395. The topological polar surface area (TPSA) is 36.9 Å². The van der Waals surface area contributed by atoms with E-state index in [1.54, 1.807) is 0 Å². The van der Waals surface area contributed by atoms with Crippen molar-refractivity contribution < 1.29 is 142 Å². The Morgan fingerprint density at radius 2 is 0.363 bits per heavy atom. The first-order valence-electron chi connectivity index (χ1n) is 52.2. The van der Waals surface area contributed by atoms with E-state index >= 15 is 8.78 Å². The van der Waals surface area contributed by atoms with Crippen LogP contribution in [-0.2, 0) is 0 Å². The summed E-state index contributed by atoms with van der Waals surface area (Å²) in [5, 5.41) is 0. The molecule has 32 heteroatoms. The molecule has 8 saturated carbocycles. The van der Waals surface area contributed by atoms with Crippen LogP contribution in [0.4, 0.5) is 123 Å². The number of alkyl halides is 12. The van der Waals surface area contributed by atoms with E-state index in [4.69, 9.17) is 0 Å². The largest absolute Gasteiger partial charge is 0.573 e. The van der Waals surface area contributed by atoms with Gasteiger partial charge in [-0.1, -0.05) is 143 Å². The van der Waals surface area contributed by atoms with Gasteiger partial charge >= 0.3 is 25.4 Å². The minimum Gasteiger partial charge on any atom is -0.399 e. The van der Waals surface area contributed by atoms with Crippen LogP contribution in [0, 0.1) is 164 Å². The molecule has 16 rings (SSSR count). The molecule has 0 atom stereocenters. The van der Waals surface area contributed by atoms with Crippen LogP contribution in [0.25, 0.3) is 44.5 Å². The van der Waals surface area contributed by atoms with Gasteiger partial charge in [-0.05, 0) is 390 Å².